The predicted octanol–water partition coefficient (Wildman–Crippen LogP) is 4.06. The first-order valence-electron chi connectivity index (χ1n) is 11.1. The first-order chi connectivity index (χ1) is 14.5. The van der Waals surface area contributed by atoms with Gasteiger partial charge in [-0.2, -0.15) is 0 Å². The molecule has 6 nitrogen and oxygen atoms in total. The number of rotatable bonds is 7. The molecule has 31 heavy (non-hydrogen) atoms. The van der Waals surface area contributed by atoms with Gasteiger partial charge in [-0.05, 0) is 55.9 Å². The monoisotopic (exact) mass is 543 g/mol. The SMILES string of the molecule is CCC(CC)C(=O)N1CCC(NC(=NC)NCCc2c[nH]c3ccc(F)cc23)CC1.I. The van der Waals surface area contributed by atoms with Gasteiger partial charge in [-0.15, -0.1) is 24.0 Å². The van der Waals surface area contributed by atoms with Crippen LogP contribution in [0.2, 0.25) is 0 Å². The molecule has 0 spiro atoms. The van der Waals surface area contributed by atoms with E-state index in [9.17, 15) is 9.18 Å². The lowest BCUT2D eigenvalue weighted by atomic mass is 9.98. The number of carbonyl (C=O) groups is 1. The van der Waals surface area contributed by atoms with Gasteiger partial charge < -0.3 is 20.5 Å². The summed E-state index contributed by atoms with van der Waals surface area (Å²) in [6.45, 7) is 6.47. The van der Waals surface area contributed by atoms with E-state index in [1.165, 1.54) is 6.07 Å². The number of nitrogens with zero attached hydrogens (tertiary/aromatic N) is 2. The van der Waals surface area contributed by atoms with E-state index in [0.717, 1.165) is 67.6 Å². The number of hydrogen-bond donors (Lipinski definition) is 3. The lowest BCUT2D eigenvalue weighted by Gasteiger charge is -2.34. The summed E-state index contributed by atoms with van der Waals surface area (Å²) in [5.41, 5.74) is 2.03. The normalized spacial score (nSPS) is 15.3. The second kappa shape index (κ2) is 12.3. The molecule has 1 fully saturated rings. The van der Waals surface area contributed by atoms with Gasteiger partial charge in [0.15, 0.2) is 5.96 Å². The van der Waals surface area contributed by atoms with Crippen LogP contribution >= 0.6 is 24.0 Å². The Kier molecular flexibility index (Phi) is 10.1. The maximum Gasteiger partial charge on any atom is 0.225 e. The van der Waals surface area contributed by atoms with Crippen molar-refractivity contribution in [1.29, 1.82) is 0 Å². The number of aromatic amines is 1. The molecule has 3 rings (SSSR count). The van der Waals surface area contributed by atoms with Crippen molar-refractivity contribution in [3.63, 3.8) is 0 Å². The number of fused-ring (bicyclic) bond motifs is 1. The number of guanidine groups is 1. The minimum absolute atomic E-state index is 0. The first kappa shape index (κ1) is 25.4. The Labute approximate surface area is 201 Å². The number of aromatic nitrogens is 1. The maximum absolute atomic E-state index is 13.5. The molecule has 0 radical (unpaired) electrons. The average Bonchev–Trinajstić information content (AvgIpc) is 3.16. The summed E-state index contributed by atoms with van der Waals surface area (Å²) in [5.74, 6) is 1.01. The second-order valence-electron chi connectivity index (χ2n) is 8.01. The van der Waals surface area contributed by atoms with Gasteiger partial charge >= 0.3 is 0 Å². The fourth-order valence-electron chi connectivity index (χ4n) is 4.20. The Morgan fingerprint density at radius 1 is 1.29 bits per heavy atom. The number of likely N-dealkylation sites (tertiary alicyclic amines) is 1. The van der Waals surface area contributed by atoms with Crippen LogP contribution in [0.25, 0.3) is 10.9 Å². The lowest BCUT2D eigenvalue weighted by molar-refractivity contribution is -0.136. The van der Waals surface area contributed by atoms with Gasteiger partial charge in [0.2, 0.25) is 5.91 Å². The zero-order valence-corrected chi connectivity index (χ0v) is 21.0. The summed E-state index contributed by atoms with van der Waals surface area (Å²) in [6.07, 6.45) is 6.38. The fourth-order valence-corrected chi connectivity index (χ4v) is 4.20. The van der Waals surface area contributed by atoms with Gasteiger partial charge in [0.1, 0.15) is 5.82 Å². The van der Waals surface area contributed by atoms with E-state index in [1.807, 2.05) is 11.1 Å². The largest absolute Gasteiger partial charge is 0.361 e. The summed E-state index contributed by atoms with van der Waals surface area (Å²) in [5, 5.41) is 7.76. The van der Waals surface area contributed by atoms with Crippen LogP contribution in [0.3, 0.4) is 0 Å². The zero-order chi connectivity index (χ0) is 21.5. The predicted molar refractivity (Wildman–Crippen MR) is 136 cm³/mol. The summed E-state index contributed by atoms with van der Waals surface area (Å²) >= 11 is 0. The molecule has 0 bridgehead atoms. The van der Waals surface area contributed by atoms with Crippen molar-refractivity contribution in [2.75, 3.05) is 26.7 Å². The molecule has 1 aromatic heterocycles. The Hall–Kier alpha value is -1.84. The molecule has 1 saturated heterocycles. The van der Waals surface area contributed by atoms with Gasteiger partial charge in [0.25, 0.3) is 0 Å². The van der Waals surface area contributed by atoms with Crippen molar-refractivity contribution in [2.45, 2.75) is 52.0 Å². The highest BCUT2D eigenvalue weighted by atomic mass is 127. The standard InChI is InChI=1S/C23H34FN5O.HI/c1-4-16(5-2)22(30)29-12-9-19(10-13-29)28-23(25-3)26-11-8-17-15-27-21-7-6-18(24)14-20(17)21;/h6-7,14-16,19,27H,4-5,8-13H2,1-3H3,(H2,25,26,28);1H. The third-order valence-electron chi connectivity index (χ3n) is 6.12. The van der Waals surface area contributed by atoms with Crippen LogP contribution in [0, 0.1) is 11.7 Å². The second-order valence-corrected chi connectivity index (χ2v) is 8.01. The van der Waals surface area contributed by atoms with Crippen LogP contribution in [0.1, 0.15) is 45.1 Å². The quantitative estimate of drug-likeness (QED) is 0.280. The summed E-state index contributed by atoms with van der Waals surface area (Å²) in [6, 6.07) is 5.12. The molecular weight excluding hydrogens is 508 g/mol. The number of H-pyrrole nitrogens is 1. The zero-order valence-electron chi connectivity index (χ0n) is 18.7. The smallest absolute Gasteiger partial charge is 0.225 e. The summed E-state index contributed by atoms with van der Waals surface area (Å²) in [4.78, 5) is 22.1. The van der Waals surface area contributed by atoms with E-state index >= 15 is 0 Å². The average molecular weight is 543 g/mol. The molecular formula is C23H35FIN5O. The van der Waals surface area contributed by atoms with E-state index in [1.54, 1.807) is 19.2 Å². The highest BCUT2D eigenvalue weighted by Crippen LogP contribution is 2.20. The van der Waals surface area contributed by atoms with Gasteiger partial charge in [-0.3, -0.25) is 9.79 Å². The van der Waals surface area contributed by atoms with Gasteiger partial charge in [0.05, 0.1) is 0 Å². The fraction of sp³-hybridized carbons (Fsp3) is 0.565. The number of hydrogen-bond acceptors (Lipinski definition) is 2. The Morgan fingerprint density at radius 3 is 2.65 bits per heavy atom. The van der Waals surface area contributed by atoms with Crippen LogP contribution in [0.5, 0.6) is 0 Å². The summed E-state index contributed by atoms with van der Waals surface area (Å²) in [7, 11) is 1.77. The minimum Gasteiger partial charge on any atom is -0.361 e. The van der Waals surface area contributed by atoms with Crippen molar-refractivity contribution < 1.29 is 9.18 Å². The van der Waals surface area contributed by atoms with E-state index in [0.29, 0.717) is 18.5 Å². The number of nitrogens with one attached hydrogen (secondary N) is 3. The Balaban J connectivity index is 0.00000341. The molecule has 2 heterocycles. The lowest BCUT2D eigenvalue weighted by Crippen LogP contribution is -2.50. The molecule has 8 heteroatoms. The maximum atomic E-state index is 13.5. The highest BCUT2D eigenvalue weighted by molar-refractivity contribution is 14.0. The van der Waals surface area contributed by atoms with E-state index in [2.05, 4.69) is 34.5 Å². The third-order valence-corrected chi connectivity index (χ3v) is 6.12. The van der Waals surface area contributed by atoms with Crippen LogP contribution in [0.4, 0.5) is 4.39 Å². The molecule has 2 aromatic rings. The van der Waals surface area contributed by atoms with Crippen molar-refractivity contribution in [3.8, 4) is 0 Å². The molecule has 0 unspecified atom stereocenters. The Bertz CT molecular complexity index is 872. The van der Waals surface area contributed by atoms with Crippen molar-refractivity contribution in [1.82, 2.24) is 20.5 Å². The van der Waals surface area contributed by atoms with Crippen LogP contribution in [-0.2, 0) is 11.2 Å². The minimum atomic E-state index is -0.220. The molecule has 0 atom stereocenters. The van der Waals surface area contributed by atoms with Crippen molar-refractivity contribution >= 4 is 46.7 Å². The molecule has 1 aromatic carbocycles. The van der Waals surface area contributed by atoms with Gasteiger partial charge in [-0.1, -0.05) is 13.8 Å². The summed E-state index contributed by atoms with van der Waals surface area (Å²) < 4.78 is 13.5. The van der Waals surface area contributed by atoms with Crippen LogP contribution < -0.4 is 10.6 Å². The number of halogens is 2. The van der Waals surface area contributed by atoms with E-state index < -0.39 is 0 Å². The highest BCUT2D eigenvalue weighted by Gasteiger charge is 2.26. The van der Waals surface area contributed by atoms with E-state index in [4.69, 9.17) is 0 Å². The van der Waals surface area contributed by atoms with Gasteiger partial charge in [0, 0.05) is 55.7 Å². The molecule has 0 saturated carbocycles. The number of benzene rings is 1. The molecule has 3 N–H and O–H groups in total. The molecule has 1 amide bonds. The molecule has 1 aliphatic rings. The Morgan fingerprint density at radius 2 is 2.00 bits per heavy atom. The molecule has 1 aliphatic heterocycles. The van der Waals surface area contributed by atoms with Gasteiger partial charge in [-0.25, -0.2) is 4.39 Å². The topological polar surface area (TPSA) is 72.5 Å². The van der Waals surface area contributed by atoms with Crippen LogP contribution in [0.15, 0.2) is 29.4 Å². The van der Waals surface area contributed by atoms with Crippen molar-refractivity contribution in [2.24, 2.45) is 10.9 Å². The van der Waals surface area contributed by atoms with E-state index in [-0.39, 0.29) is 35.7 Å². The third kappa shape index (κ3) is 6.57. The molecule has 0 aliphatic carbocycles. The number of aliphatic imine (C=N–C) groups is 1. The first-order valence-corrected chi connectivity index (χ1v) is 11.1. The number of piperidine rings is 1. The molecule has 172 valence electrons. The van der Waals surface area contributed by atoms with Crippen molar-refractivity contribution in [3.05, 3.63) is 35.8 Å². The number of carbonyl (C=O) groups excluding carboxylic acids is 1. The van der Waals surface area contributed by atoms with Crippen LogP contribution in [-0.4, -0.2) is 54.5 Å². The number of amides is 1.